The second-order valence-electron chi connectivity index (χ2n) is 5.24. The average Bonchev–Trinajstić information content (AvgIpc) is 2.69. The molecular weight excluding hydrogens is 352 g/mol. The largest absolute Gasteiger partial charge is 0.504 e. The Morgan fingerprint density at radius 3 is 1.48 bits per heavy atom. The lowest BCUT2D eigenvalue weighted by atomic mass is 10.2. The van der Waals surface area contributed by atoms with Crippen molar-refractivity contribution in [3.05, 3.63) is 47.5 Å². The topological polar surface area (TPSA) is 145 Å². The Kier molecular flexibility index (Phi) is 11.6. The second kappa shape index (κ2) is 13.2. The minimum atomic E-state index is -0.106. The second-order valence-corrected chi connectivity index (χ2v) is 5.24. The van der Waals surface area contributed by atoms with Crippen molar-refractivity contribution in [1.82, 2.24) is 0 Å². The average molecular weight is 378 g/mol. The molecule has 6 N–H and O–H groups in total. The molecule has 0 aliphatic rings. The van der Waals surface area contributed by atoms with Crippen molar-refractivity contribution in [2.45, 2.75) is 13.0 Å². The molecule has 2 aromatic rings. The van der Waals surface area contributed by atoms with Gasteiger partial charge in [-0.25, -0.2) is 0 Å². The number of aromatic hydroxyl groups is 2. The molecule has 2 rings (SSSR count). The van der Waals surface area contributed by atoms with Crippen LogP contribution in [0.5, 0.6) is 23.0 Å². The van der Waals surface area contributed by atoms with E-state index in [-0.39, 0.29) is 28.7 Å². The van der Waals surface area contributed by atoms with E-state index in [0.717, 1.165) is 0 Å². The van der Waals surface area contributed by atoms with Crippen LogP contribution in [-0.2, 0) is 0 Å². The number of rotatable bonds is 5. The van der Waals surface area contributed by atoms with Gasteiger partial charge in [0.05, 0.1) is 25.3 Å². The zero-order chi connectivity index (χ0) is 20.8. The first-order valence-corrected chi connectivity index (χ1v) is 7.94. The summed E-state index contributed by atoms with van der Waals surface area (Å²) in [5.74, 6) is 0.416. The molecule has 0 fully saturated rings. The predicted molar refractivity (Wildman–Crippen MR) is 103 cm³/mol. The van der Waals surface area contributed by atoms with Crippen LogP contribution in [-0.4, -0.2) is 49.6 Å². The summed E-state index contributed by atoms with van der Waals surface area (Å²) in [5.41, 5.74) is 10.7. The van der Waals surface area contributed by atoms with Gasteiger partial charge in [0.25, 0.3) is 0 Å². The van der Waals surface area contributed by atoms with E-state index in [2.05, 4.69) is 0 Å². The van der Waals surface area contributed by atoms with Crippen molar-refractivity contribution in [3.63, 3.8) is 0 Å². The van der Waals surface area contributed by atoms with Crippen molar-refractivity contribution in [1.29, 1.82) is 0 Å². The molecule has 0 aliphatic carbocycles. The van der Waals surface area contributed by atoms with Crippen molar-refractivity contribution in [3.8, 4) is 23.0 Å². The van der Waals surface area contributed by atoms with Crippen LogP contribution in [0.25, 0.3) is 0 Å². The van der Waals surface area contributed by atoms with Gasteiger partial charge in [-0.15, -0.1) is 0 Å². The molecule has 0 saturated carbocycles. The van der Waals surface area contributed by atoms with Gasteiger partial charge in [0.1, 0.15) is 0 Å². The van der Waals surface area contributed by atoms with Crippen LogP contribution in [0.3, 0.4) is 0 Å². The lowest BCUT2D eigenvalue weighted by molar-refractivity contribution is 0.111. The molecule has 0 radical (unpaired) electrons. The van der Waals surface area contributed by atoms with Crippen LogP contribution in [0.4, 0.5) is 0 Å². The van der Waals surface area contributed by atoms with E-state index in [0.29, 0.717) is 30.6 Å². The van der Waals surface area contributed by atoms with Crippen molar-refractivity contribution >= 4 is 12.6 Å². The highest BCUT2D eigenvalue weighted by atomic mass is 16.5. The fraction of sp³-hybridized carbons (Fsp3) is 0.263. The molecule has 8 nitrogen and oxygen atoms in total. The van der Waals surface area contributed by atoms with Crippen LogP contribution < -0.4 is 20.9 Å². The van der Waals surface area contributed by atoms with Crippen molar-refractivity contribution in [2.24, 2.45) is 11.5 Å². The monoisotopic (exact) mass is 378 g/mol. The molecule has 0 saturated heterocycles. The third-order valence-corrected chi connectivity index (χ3v) is 3.13. The zero-order valence-corrected chi connectivity index (χ0v) is 15.6. The van der Waals surface area contributed by atoms with Gasteiger partial charge < -0.3 is 31.2 Å². The molecule has 27 heavy (non-hydrogen) atoms. The molecule has 0 heterocycles. The molecule has 0 aromatic heterocycles. The minimum absolute atomic E-state index is 0.106. The number of hydrogen-bond donors (Lipinski definition) is 4. The van der Waals surface area contributed by atoms with Crippen LogP contribution in [0, 0.1) is 0 Å². The summed E-state index contributed by atoms with van der Waals surface area (Å²) < 4.78 is 9.56. The van der Waals surface area contributed by atoms with E-state index in [4.69, 9.17) is 20.9 Å². The SMILES string of the molecule is CC(N)CN.COc1cccc(C=O)c1O.COc1cccc(C=O)c1O. The maximum Gasteiger partial charge on any atom is 0.168 e. The molecule has 148 valence electrons. The predicted octanol–water partition coefficient (Wildman–Crippen LogP) is 1.72. The Bertz CT molecular complexity index is 662. The van der Waals surface area contributed by atoms with Gasteiger partial charge in [-0.3, -0.25) is 9.59 Å². The van der Waals surface area contributed by atoms with Crippen LogP contribution in [0.15, 0.2) is 36.4 Å². The highest BCUT2D eigenvalue weighted by molar-refractivity contribution is 5.81. The number of nitrogens with two attached hydrogens (primary N) is 2. The number of ether oxygens (including phenoxy) is 2. The first-order valence-electron chi connectivity index (χ1n) is 7.94. The smallest absolute Gasteiger partial charge is 0.168 e. The maximum absolute atomic E-state index is 10.3. The standard InChI is InChI=1S/2C8H8O3.C3H10N2/c2*1-11-7-4-2-3-6(5-9)8(7)10;1-3(5)2-4/h2*2-5,10H,1H3;3H,2,4-5H2,1H3. The molecule has 1 unspecified atom stereocenters. The lowest BCUT2D eigenvalue weighted by Crippen LogP contribution is -2.25. The van der Waals surface area contributed by atoms with E-state index in [1.165, 1.54) is 26.4 Å². The molecule has 1 atom stereocenters. The number of carbonyl (C=O) groups excluding carboxylic acids is 2. The Balaban J connectivity index is 0.000000405. The van der Waals surface area contributed by atoms with E-state index < -0.39 is 0 Å². The van der Waals surface area contributed by atoms with Gasteiger partial charge in [-0.2, -0.15) is 0 Å². The summed E-state index contributed by atoms with van der Waals surface area (Å²) in [6.07, 6.45) is 1.16. The van der Waals surface area contributed by atoms with Crippen LogP contribution in [0.2, 0.25) is 0 Å². The summed E-state index contributed by atoms with van der Waals surface area (Å²) >= 11 is 0. The first-order chi connectivity index (χ1) is 12.9. The quantitative estimate of drug-likeness (QED) is 0.575. The third-order valence-electron chi connectivity index (χ3n) is 3.13. The summed E-state index contributed by atoms with van der Waals surface area (Å²) in [4.78, 5) is 20.6. The summed E-state index contributed by atoms with van der Waals surface area (Å²) in [5, 5.41) is 18.5. The van der Waals surface area contributed by atoms with E-state index >= 15 is 0 Å². The number of hydrogen-bond acceptors (Lipinski definition) is 8. The Hall–Kier alpha value is -3.10. The Morgan fingerprint density at radius 2 is 1.26 bits per heavy atom. The third kappa shape index (κ3) is 8.21. The van der Waals surface area contributed by atoms with Crippen molar-refractivity contribution in [2.75, 3.05) is 20.8 Å². The fourth-order valence-corrected chi connectivity index (χ4v) is 1.60. The van der Waals surface area contributed by atoms with E-state index in [1.54, 1.807) is 24.3 Å². The number of para-hydroxylation sites is 2. The number of methoxy groups -OCH3 is 2. The molecular formula is C19H26N2O6. The fourth-order valence-electron chi connectivity index (χ4n) is 1.60. The number of carbonyl (C=O) groups is 2. The minimum Gasteiger partial charge on any atom is -0.504 e. The van der Waals surface area contributed by atoms with Gasteiger partial charge in [0, 0.05) is 12.6 Å². The normalized spacial score (nSPS) is 10.3. The van der Waals surface area contributed by atoms with Crippen LogP contribution in [0.1, 0.15) is 27.6 Å². The summed E-state index contributed by atoms with van der Waals surface area (Å²) in [6, 6.07) is 9.65. The number of aldehydes is 2. The Morgan fingerprint density at radius 1 is 0.926 bits per heavy atom. The Labute approximate surface area is 158 Å². The molecule has 8 heteroatoms. The molecule has 2 aromatic carbocycles. The lowest BCUT2D eigenvalue weighted by Gasteiger charge is -2.02. The van der Waals surface area contributed by atoms with Crippen molar-refractivity contribution < 1.29 is 29.3 Å². The molecule has 0 amide bonds. The van der Waals surface area contributed by atoms with Gasteiger partial charge in [0.2, 0.25) is 0 Å². The highest BCUT2D eigenvalue weighted by Gasteiger charge is 2.05. The highest BCUT2D eigenvalue weighted by Crippen LogP contribution is 2.28. The maximum atomic E-state index is 10.3. The van der Waals surface area contributed by atoms with Gasteiger partial charge in [-0.05, 0) is 31.2 Å². The molecule has 0 spiro atoms. The van der Waals surface area contributed by atoms with Gasteiger partial charge in [-0.1, -0.05) is 12.1 Å². The number of benzene rings is 2. The van der Waals surface area contributed by atoms with Gasteiger partial charge in [0.15, 0.2) is 35.6 Å². The molecule has 0 bridgehead atoms. The number of phenolic OH excluding ortho intramolecular Hbond substituents is 2. The van der Waals surface area contributed by atoms with E-state index in [1.807, 2.05) is 6.92 Å². The number of phenols is 2. The summed E-state index contributed by atoms with van der Waals surface area (Å²) in [6.45, 7) is 2.46. The van der Waals surface area contributed by atoms with Gasteiger partial charge >= 0.3 is 0 Å². The van der Waals surface area contributed by atoms with Crippen LogP contribution >= 0.6 is 0 Å². The first kappa shape index (κ1) is 23.9. The molecule has 0 aliphatic heterocycles. The summed E-state index contributed by atoms with van der Waals surface area (Å²) in [7, 11) is 2.87. The van der Waals surface area contributed by atoms with E-state index in [9.17, 15) is 19.8 Å². The zero-order valence-electron chi connectivity index (χ0n) is 15.6.